The first kappa shape index (κ1) is 16.1. The molecule has 2 aliphatic rings. The molecule has 0 heterocycles. The number of hydrogen-bond donors (Lipinski definition) is 3. The van der Waals surface area contributed by atoms with Crippen LogP contribution in [0.4, 0.5) is 4.79 Å². The van der Waals surface area contributed by atoms with Crippen molar-refractivity contribution in [1.29, 1.82) is 0 Å². The van der Waals surface area contributed by atoms with E-state index < -0.39 is 5.60 Å². The molecule has 2 rings (SSSR count). The van der Waals surface area contributed by atoms with Gasteiger partial charge in [-0.15, -0.1) is 0 Å². The molecule has 6 heteroatoms. The maximum atomic E-state index is 11.6. The summed E-state index contributed by atoms with van der Waals surface area (Å²) < 4.78 is 5.21. The second-order valence-corrected chi connectivity index (χ2v) is 7.06. The number of alkyl carbamates (subject to hydrolysis) is 1. The summed E-state index contributed by atoms with van der Waals surface area (Å²) in [6.45, 7) is 6.25. The van der Waals surface area contributed by atoms with E-state index in [0.717, 1.165) is 25.7 Å². The molecule has 0 aromatic carbocycles. The SMILES string of the molecule is CC(C)(C)OC(=O)NC1CC(NCCC(=O)NC2CC2)C1. The van der Waals surface area contributed by atoms with Crippen LogP contribution in [0.15, 0.2) is 0 Å². The topological polar surface area (TPSA) is 79.5 Å². The fourth-order valence-electron chi connectivity index (χ4n) is 2.29. The Morgan fingerprint density at radius 2 is 1.71 bits per heavy atom. The van der Waals surface area contributed by atoms with Gasteiger partial charge in [-0.05, 0) is 46.5 Å². The van der Waals surface area contributed by atoms with Crippen LogP contribution in [0.5, 0.6) is 0 Å². The van der Waals surface area contributed by atoms with Gasteiger partial charge in [0.2, 0.25) is 5.91 Å². The summed E-state index contributed by atoms with van der Waals surface area (Å²) in [5.74, 6) is 0.132. The maximum Gasteiger partial charge on any atom is 0.407 e. The van der Waals surface area contributed by atoms with Gasteiger partial charge in [-0.1, -0.05) is 0 Å². The van der Waals surface area contributed by atoms with Gasteiger partial charge in [0, 0.05) is 31.1 Å². The molecule has 3 N–H and O–H groups in total. The van der Waals surface area contributed by atoms with E-state index in [1.807, 2.05) is 20.8 Å². The van der Waals surface area contributed by atoms with E-state index >= 15 is 0 Å². The highest BCUT2D eigenvalue weighted by Gasteiger charge is 2.31. The van der Waals surface area contributed by atoms with E-state index in [0.29, 0.717) is 25.0 Å². The third kappa shape index (κ3) is 6.33. The Bertz CT molecular complexity index is 382. The van der Waals surface area contributed by atoms with Crippen LogP contribution in [-0.4, -0.2) is 42.3 Å². The maximum absolute atomic E-state index is 11.6. The molecule has 2 fully saturated rings. The number of rotatable bonds is 6. The first-order valence-corrected chi connectivity index (χ1v) is 7.84. The van der Waals surface area contributed by atoms with Crippen molar-refractivity contribution in [1.82, 2.24) is 16.0 Å². The van der Waals surface area contributed by atoms with Crippen molar-refractivity contribution in [3.05, 3.63) is 0 Å². The van der Waals surface area contributed by atoms with Crippen LogP contribution >= 0.6 is 0 Å². The number of nitrogens with one attached hydrogen (secondary N) is 3. The molecule has 0 aliphatic heterocycles. The molecule has 0 saturated heterocycles. The summed E-state index contributed by atoms with van der Waals surface area (Å²) >= 11 is 0. The van der Waals surface area contributed by atoms with Crippen LogP contribution in [0.25, 0.3) is 0 Å². The lowest BCUT2D eigenvalue weighted by Crippen LogP contribution is -2.53. The van der Waals surface area contributed by atoms with E-state index in [-0.39, 0.29) is 18.0 Å². The quantitative estimate of drug-likeness (QED) is 0.690. The Morgan fingerprint density at radius 3 is 2.29 bits per heavy atom. The highest BCUT2D eigenvalue weighted by atomic mass is 16.6. The number of amides is 2. The molecule has 6 nitrogen and oxygen atoms in total. The van der Waals surface area contributed by atoms with Gasteiger partial charge in [-0.2, -0.15) is 0 Å². The summed E-state index contributed by atoms with van der Waals surface area (Å²) in [6.07, 6.45) is 4.21. The van der Waals surface area contributed by atoms with E-state index in [1.165, 1.54) is 0 Å². The van der Waals surface area contributed by atoms with Crippen LogP contribution in [0.1, 0.15) is 52.9 Å². The summed E-state index contributed by atoms with van der Waals surface area (Å²) in [6, 6.07) is 1.000. The minimum Gasteiger partial charge on any atom is -0.444 e. The van der Waals surface area contributed by atoms with Gasteiger partial charge in [0.15, 0.2) is 0 Å². The number of hydrogen-bond acceptors (Lipinski definition) is 4. The predicted molar refractivity (Wildman–Crippen MR) is 80.0 cm³/mol. The van der Waals surface area contributed by atoms with Crippen molar-refractivity contribution >= 4 is 12.0 Å². The standard InChI is InChI=1S/C15H27N3O3/c1-15(2,3)21-14(20)18-12-8-11(9-12)16-7-6-13(19)17-10-4-5-10/h10-12,16H,4-9H2,1-3H3,(H,17,19)(H,18,20). The molecule has 2 amide bonds. The minimum atomic E-state index is -0.458. The molecule has 0 bridgehead atoms. The lowest BCUT2D eigenvalue weighted by atomic mass is 9.87. The Hall–Kier alpha value is -1.30. The summed E-state index contributed by atoms with van der Waals surface area (Å²) in [4.78, 5) is 23.1. The van der Waals surface area contributed by atoms with Crippen LogP contribution < -0.4 is 16.0 Å². The molecule has 0 aromatic rings. The highest BCUT2D eigenvalue weighted by Crippen LogP contribution is 2.21. The van der Waals surface area contributed by atoms with Gasteiger partial charge in [0.05, 0.1) is 0 Å². The monoisotopic (exact) mass is 297 g/mol. The third-order valence-electron chi connectivity index (χ3n) is 3.59. The van der Waals surface area contributed by atoms with Crippen molar-refractivity contribution in [3.63, 3.8) is 0 Å². The lowest BCUT2D eigenvalue weighted by Gasteiger charge is -2.36. The molecule has 120 valence electrons. The summed E-state index contributed by atoms with van der Waals surface area (Å²) in [7, 11) is 0. The van der Waals surface area contributed by atoms with Crippen LogP contribution in [0.3, 0.4) is 0 Å². The molecule has 0 atom stereocenters. The van der Waals surface area contributed by atoms with Crippen molar-refractivity contribution in [2.24, 2.45) is 0 Å². The molecular formula is C15H27N3O3. The van der Waals surface area contributed by atoms with Gasteiger partial charge in [-0.25, -0.2) is 4.79 Å². The van der Waals surface area contributed by atoms with E-state index in [1.54, 1.807) is 0 Å². The lowest BCUT2D eigenvalue weighted by molar-refractivity contribution is -0.121. The van der Waals surface area contributed by atoms with Crippen LogP contribution in [-0.2, 0) is 9.53 Å². The second-order valence-electron chi connectivity index (χ2n) is 7.06. The predicted octanol–water partition coefficient (Wildman–Crippen LogP) is 1.30. The molecule has 21 heavy (non-hydrogen) atoms. The minimum absolute atomic E-state index is 0.132. The smallest absolute Gasteiger partial charge is 0.407 e. The fourth-order valence-corrected chi connectivity index (χ4v) is 2.29. The molecule has 2 aliphatic carbocycles. The van der Waals surface area contributed by atoms with Gasteiger partial charge < -0.3 is 20.7 Å². The van der Waals surface area contributed by atoms with Crippen molar-refractivity contribution < 1.29 is 14.3 Å². The van der Waals surface area contributed by atoms with E-state index in [2.05, 4.69) is 16.0 Å². The summed E-state index contributed by atoms with van der Waals surface area (Å²) in [5, 5.41) is 9.17. The van der Waals surface area contributed by atoms with E-state index in [9.17, 15) is 9.59 Å². The van der Waals surface area contributed by atoms with Gasteiger partial charge in [-0.3, -0.25) is 4.79 Å². The van der Waals surface area contributed by atoms with Crippen molar-refractivity contribution in [2.75, 3.05) is 6.54 Å². The van der Waals surface area contributed by atoms with Crippen molar-refractivity contribution in [3.8, 4) is 0 Å². The van der Waals surface area contributed by atoms with Crippen LogP contribution in [0, 0.1) is 0 Å². The average Bonchev–Trinajstić information content (AvgIpc) is 3.06. The number of ether oxygens (including phenoxy) is 1. The normalized spacial score (nSPS) is 24.9. The first-order chi connectivity index (χ1) is 9.82. The second kappa shape index (κ2) is 6.64. The fraction of sp³-hybridized carbons (Fsp3) is 0.867. The average molecular weight is 297 g/mol. The molecule has 0 spiro atoms. The third-order valence-corrected chi connectivity index (χ3v) is 3.59. The Balaban J connectivity index is 1.49. The Kier molecular flexibility index (Phi) is 5.08. The largest absolute Gasteiger partial charge is 0.444 e. The van der Waals surface area contributed by atoms with Crippen LogP contribution in [0.2, 0.25) is 0 Å². The molecule has 0 unspecified atom stereocenters. The van der Waals surface area contributed by atoms with Gasteiger partial charge in [0.1, 0.15) is 5.60 Å². The highest BCUT2D eigenvalue weighted by molar-refractivity contribution is 5.76. The Morgan fingerprint density at radius 1 is 1.05 bits per heavy atom. The zero-order valence-corrected chi connectivity index (χ0v) is 13.2. The molecular weight excluding hydrogens is 270 g/mol. The van der Waals surface area contributed by atoms with Gasteiger partial charge in [0.25, 0.3) is 0 Å². The zero-order valence-electron chi connectivity index (χ0n) is 13.2. The molecule has 0 aromatic heterocycles. The van der Waals surface area contributed by atoms with E-state index in [4.69, 9.17) is 4.74 Å². The molecule has 2 saturated carbocycles. The van der Waals surface area contributed by atoms with Gasteiger partial charge >= 0.3 is 6.09 Å². The molecule has 0 radical (unpaired) electrons. The number of carbonyl (C=O) groups excluding carboxylic acids is 2. The Labute approximate surface area is 126 Å². The number of carbonyl (C=O) groups is 2. The summed E-state index contributed by atoms with van der Waals surface area (Å²) in [5.41, 5.74) is -0.458. The van der Waals surface area contributed by atoms with Crippen molar-refractivity contribution in [2.45, 2.75) is 76.6 Å². The first-order valence-electron chi connectivity index (χ1n) is 7.84. The zero-order chi connectivity index (χ0) is 15.5.